The summed E-state index contributed by atoms with van der Waals surface area (Å²) in [6, 6.07) is 7.02. The third-order valence-electron chi connectivity index (χ3n) is 3.37. The number of para-hydroxylation sites is 1. The average molecular weight is 330 g/mol. The molecule has 0 aliphatic carbocycles. The SMILES string of the molecule is COc1cccc(C(=O)NCc2cc(C)nc(N(C)C)n2)c1OC. The Bertz CT molecular complexity index is 732. The quantitative estimate of drug-likeness (QED) is 0.870. The molecule has 1 heterocycles. The maximum atomic E-state index is 12.5. The van der Waals surface area contributed by atoms with Gasteiger partial charge in [0, 0.05) is 19.8 Å². The van der Waals surface area contributed by atoms with E-state index in [1.807, 2.05) is 32.0 Å². The van der Waals surface area contributed by atoms with Gasteiger partial charge in [-0.25, -0.2) is 9.97 Å². The van der Waals surface area contributed by atoms with Gasteiger partial charge in [-0.05, 0) is 25.1 Å². The van der Waals surface area contributed by atoms with Crippen LogP contribution in [0.1, 0.15) is 21.7 Å². The molecule has 0 radical (unpaired) electrons. The van der Waals surface area contributed by atoms with Gasteiger partial charge in [-0.15, -0.1) is 0 Å². The standard InChI is InChI=1S/C17H22N4O3/c1-11-9-12(20-17(19-11)21(2)3)10-18-16(22)13-7-6-8-14(23-4)15(13)24-5/h6-9H,10H2,1-5H3,(H,18,22). The van der Waals surface area contributed by atoms with Gasteiger partial charge in [0.1, 0.15) is 0 Å². The maximum Gasteiger partial charge on any atom is 0.255 e. The van der Waals surface area contributed by atoms with Crippen molar-refractivity contribution in [3.8, 4) is 11.5 Å². The van der Waals surface area contributed by atoms with Crippen LogP contribution in [0.25, 0.3) is 0 Å². The lowest BCUT2D eigenvalue weighted by atomic mass is 10.1. The summed E-state index contributed by atoms with van der Waals surface area (Å²) in [7, 11) is 6.79. The fraction of sp³-hybridized carbons (Fsp3) is 0.353. The number of carbonyl (C=O) groups excluding carboxylic acids is 1. The van der Waals surface area contributed by atoms with Crippen LogP contribution in [-0.2, 0) is 6.54 Å². The molecule has 1 amide bonds. The van der Waals surface area contributed by atoms with E-state index in [0.29, 0.717) is 29.6 Å². The van der Waals surface area contributed by atoms with Crippen molar-refractivity contribution in [2.24, 2.45) is 0 Å². The minimum atomic E-state index is -0.256. The molecule has 0 saturated heterocycles. The van der Waals surface area contributed by atoms with Gasteiger partial charge in [-0.1, -0.05) is 6.07 Å². The molecular weight excluding hydrogens is 308 g/mol. The van der Waals surface area contributed by atoms with E-state index in [0.717, 1.165) is 11.4 Å². The summed E-state index contributed by atoms with van der Waals surface area (Å²) >= 11 is 0. The second-order valence-corrected chi connectivity index (χ2v) is 5.42. The molecule has 0 unspecified atom stereocenters. The molecule has 0 aliphatic rings. The number of methoxy groups -OCH3 is 2. The number of nitrogens with one attached hydrogen (secondary N) is 1. The topological polar surface area (TPSA) is 76.6 Å². The Labute approximate surface area is 141 Å². The fourth-order valence-corrected chi connectivity index (χ4v) is 2.24. The predicted octanol–water partition coefficient (Wildman–Crippen LogP) is 1.80. The Balaban J connectivity index is 2.17. The molecule has 1 aromatic carbocycles. The average Bonchev–Trinajstić information content (AvgIpc) is 2.58. The number of aromatic nitrogens is 2. The van der Waals surface area contributed by atoms with Gasteiger partial charge in [0.25, 0.3) is 5.91 Å². The van der Waals surface area contributed by atoms with Gasteiger partial charge >= 0.3 is 0 Å². The van der Waals surface area contributed by atoms with Crippen LogP contribution in [0.4, 0.5) is 5.95 Å². The fourth-order valence-electron chi connectivity index (χ4n) is 2.24. The van der Waals surface area contributed by atoms with Crippen molar-refractivity contribution in [3.63, 3.8) is 0 Å². The maximum absolute atomic E-state index is 12.5. The van der Waals surface area contributed by atoms with Gasteiger partial charge in [0.05, 0.1) is 32.0 Å². The third-order valence-corrected chi connectivity index (χ3v) is 3.37. The molecule has 2 rings (SSSR count). The number of benzene rings is 1. The van der Waals surface area contributed by atoms with Crippen molar-refractivity contribution in [1.29, 1.82) is 0 Å². The molecule has 7 nitrogen and oxygen atoms in total. The molecule has 128 valence electrons. The number of hydrogen-bond donors (Lipinski definition) is 1. The summed E-state index contributed by atoms with van der Waals surface area (Å²) < 4.78 is 10.5. The molecule has 0 bridgehead atoms. The van der Waals surface area contributed by atoms with Crippen molar-refractivity contribution in [3.05, 3.63) is 41.2 Å². The minimum Gasteiger partial charge on any atom is -0.493 e. The lowest BCUT2D eigenvalue weighted by molar-refractivity contribution is 0.0946. The number of aryl methyl sites for hydroxylation is 1. The number of amides is 1. The van der Waals surface area contributed by atoms with Gasteiger partial charge in [-0.2, -0.15) is 0 Å². The van der Waals surface area contributed by atoms with Crippen LogP contribution in [0.2, 0.25) is 0 Å². The Morgan fingerprint density at radius 2 is 1.96 bits per heavy atom. The zero-order valence-corrected chi connectivity index (χ0v) is 14.6. The Hall–Kier alpha value is -2.83. The number of hydrogen-bond acceptors (Lipinski definition) is 6. The van der Waals surface area contributed by atoms with Crippen LogP contribution >= 0.6 is 0 Å². The first kappa shape index (κ1) is 17.5. The highest BCUT2D eigenvalue weighted by atomic mass is 16.5. The van der Waals surface area contributed by atoms with E-state index in [9.17, 15) is 4.79 Å². The first-order valence-corrected chi connectivity index (χ1v) is 7.47. The number of carbonyl (C=O) groups is 1. The number of ether oxygens (including phenoxy) is 2. The highest BCUT2D eigenvalue weighted by molar-refractivity contribution is 5.97. The van der Waals surface area contributed by atoms with Gasteiger partial charge in [-0.3, -0.25) is 4.79 Å². The third kappa shape index (κ3) is 3.92. The Morgan fingerprint density at radius 3 is 2.58 bits per heavy atom. The normalized spacial score (nSPS) is 10.2. The van der Waals surface area contributed by atoms with Gasteiger partial charge in [0.15, 0.2) is 11.5 Å². The van der Waals surface area contributed by atoms with Crippen molar-refractivity contribution < 1.29 is 14.3 Å². The van der Waals surface area contributed by atoms with Crippen LogP contribution in [0.15, 0.2) is 24.3 Å². The Kier molecular flexibility index (Phi) is 5.57. The summed E-state index contributed by atoms with van der Waals surface area (Å²) in [5.74, 6) is 1.27. The highest BCUT2D eigenvalue weighted by Gasteiger charge is 2.16. The van der Waals surface area contributed by atoms with Crippen molar-refractivity contribution in [2.75, 3.05) is 33.2 Å². The van der Waals surface area contributed by atoms with Crippen molar-refractivity contribution in [2.45, 2.75) is 13.5 Å². The number of anilines is 1. The Morgan fingerprint density at radius 1 is 1.21 bits per heavy atom. The van der Waals surface area contributed by atoms with E-state index in [1.54, 1.807) is 18.2 Å². The second kappa shape index (κ2) is 7.63. The molecule has 0 atom stereocenters. The highest BCUT2D eigenvalue weighted by Crippen LogP contribution is 2.30. The zero-order valence-electron chi connectivity index (χ0n) is 14.6. The predicted molar refractivity (Wildman–Crippen MR) is 91.8 cm³/mol. The summed E-state index contributed by atoms with van der Waals surface area (Å²) in [6.45, 7) is 2.19. The molecule has 0 fully saturated rings. The number of rotatable bonds is 6. The summed E-state index contributed by atoms with van der Waals surface area (Å²) in [5.41, 5.74) is 1.99. The molecule has 1 aromatic heterocycles. The first-order chi connectivity index (χ1) is 11.5. The smallest absolute Gasteiger partial charge is 0.255 e. The molecule has 2 aromatic rings. The lowest BCUT2D eigenvalue weighted by Crippen LogP contribution is -2.25. The summed E-state index contributed by atoms with van der Waals surface area (Å²) in [6.07, 6.45) is 0. The molecule has 0 aliphatic heterocycles. The van der Waals surface area contributed by atoms with Crippen LogP contribution in [0, 0.1) is 6.92 Å². The largest absolute Gasteiger partial charge is 0.493 e. The van der Waals surface area contributed by atoms with Crippen LogP contribution in [0.5, 0.6) is 11.5 Å². The summed E-state index contributed by atoms with van der Waals surface area (Å²) in [4.78, 5) is 23.0. The molecule has 0 saturated carbocycles. The van der Waals surface area contributed by atoms with E-state index in [-0.39, 0.29) is 5.91 Å². The zero-order chi connectivity index (χ0) is 17.7. The van der Waals surface area contributed by atoms with E-state index < -0.39 is 0 Å². The summed E-state index contributed by atoms with van der Waals surface area (Å²) in [5, 5.41) is 2.85. The van der Waals surface area contributed by atoms with Crippen LogP contribution in [0.3, 0.4) is 0 Å². The monoisotopic (exact) mass is 330 g/mol. The van der Waals surface area contributed by atoms with E-state index in [1.165, 1.54) is 14.2 Å². The van der Waals surface area contributed by atoms with Crippen molar-refractivity contribution in [1.82, 2.24) is 15.3 Å². The van der Waals surface area contributed by atoms with Gasteiger partial charge in [0.2, 0.25) is 5.95 Å². The lowest BCUT2D eigenvalue weighted by Gasteiger charge is -2.14. The molecule has 24 heavy (non-hydrogen) atoms. The molecule has 7 heteroatoms. The minimum absolute atomic E-state index is 0.256. The second-order valence-electron chi connectivity index (χ2n) is 5.42. The van der Waals surface area contributed by atoms with E-state index in [2.05, 4.69) is 15.3 Å². The van der Waals surface area contributed by atoms with E-state index in [4.69, 9.17) is 9.47 Å². The van der Waals surface area contributed by atoms with E-state index >= 15 is 0 Å². The van der Waals surface area contributed by atoms with Crippen LogP contribution < -0.4 is 19.7 Å². The number of nitrogens with zero attached hydrogens (tertiary/aromatic N) is 3. The van der Waals surface area contributed by atoms with Crippen LogP contribution in [-0.4, -0.2) is 44.2 Å². The molecular formula is C17H22N4O3. The first-order valence-electron chi connectivity index (χ1n) is 7.47. The molecule has 1 N–H and O–H groups in total. The molecule has 0 spiro atoms. The van der Waals surface area contributed by atoms with Gasteiger partial charge < -0.3 is 19.7 Å². The van der Waals surface area contributed by atoms with Crippen molar-refractivity contribution >= 4 is 11.9 Å².